The number of benzene rings is 1. The molecular weight excluding hydrogens is 257 g/mol. The lowest BCUT2D eigenvalue weighted by molar-refractivity contribution is 0.300. The Labute approximate surface area is 120 Å². The van der Waals surface area contributed by atoms with Crippen LogP contribution in [0.1, 0.15) is 57.9 Å². The van der Waals surface area contributed by atoms with Crippen LogP contribution in [0, 0.1) is 5.82 Å². The highest BCUT2D eigenvalue weighted by atomic mass is 19.1. The monoisotopic (exact) mass is 281 g/mol. The summed E-state index contributed by atoms with van der Waals surface area (Å²) in [5.74, 6) is 0.0892. The molecule has 3 nitrogen and oxygen atoms in total. The van der Waals surface area contributed by atoms with Crippen LogP contribution in [0.2, 0.25) is 0 Å². The molecule has 0 radical (unpaired) electrons. The molecule has 112 valence electrons. The Kier molecular flexibility index (Phi) is 7.70. The number of hydrogen-bond acceptors (Lipinski definition) is 3. The van der Waals surface area contributed by atoms with Gasteiger partial charge in [0.05, 0.1) is 12.3 Å². The first-order chi connectivity index (χ1) is 9.69. The van der Waals surface area contributed by atoms with Crippen molar-refractivity contribution in [1.29, 1.82) is 0 Å². The van der Waals surface area contributed by atoms with Crippen LogP contribution in [0.25, 0.3) is 0 Å². The summed E-state index contributed by atoms with van der Waals surface area (Å²) in [7, 11) is 0. The second kappa shape index (κ2) is 9.34. The molecule has 0 spiro atoms. The van der Waals surface area contributed by atoms with E-state index in [9.17, 15) is 4.39 Å². The molecular formula is C16H24FNO2. The molecule has 1 aromatic carbocycles. The van der Waals surface area contributed by atoms with Crippen molar-refractivity contribution in [3.8, 4) is 5.75 Å². The summed E-state index contributed by atoms with van der Waals surface area (Å²) < 4.78 is 18.9. The minimum atomic E-state index is -0.350. The molecule has 20 heavy (non-hydrogen) atoms. The van der Waals surface area contributed by atoms with Crippen LogP contribution < -0.4 is 4.74 Å². The van der Waals surface area contributed by atoms with E-state index in [0.717, 1.165) is 12.8 Å². The zero-order valence-corrected chi connectivity index (χ0v) is 12.4. The van der Waals surface area contributed by atoms with Crippen LogP contribution in [-0.2, 0) is 0 Å². The van der Waals surface area contributed by atoms with E-state index in [4.69, 9.17) is 9.94 Å². The zero-order chi connectivity index (χ0) is 14.8. The number of halogens is 1. The SMILES string of the molecule is CCCCCCCCOc1cc(F)ccc1/C(C)=N/O. The van der Waals surface area contributed by atoms with Crippen LogP contribution in [0.5, 0.6) is 5.75 Å². The van der Waals surface area contributed by atoms with E-state index in [1.165, 1.54) is 37.8 Å². The van der Waals surface area contributed by atoms with Crippen molar-refractivity contribution < 1.29 is 14.3 Å². The molecule has 1 N–H and O–H groups in total. The summed E-state index contributed by atoms with van der Waals surface area (Å²) >= 11 is 0. The smallest absolute Gasteiger partial charge is 0.131 e. The first-order valence-corrected chi connectivity index (χ1v) is 7.30. The molecule has 0 saturated carbocycles. The van der Waals surface area contributed by atoms with Gasteiger partial charge >= 0.3 is 0 Å². The molecule has 1 rings (SSSR count). The summed E-state index contributed by atoms with van der Waals surface area (Å²) in [6, 6.07) is 4.24. The lowest BCUT2D eigenvalue weighted by atomic mass is 10.1. The third kappa shape index (κ3) is 5.59. The Morgan fingerprint density at radius 3 is 2.60 bits per heavy atom. The highest BCUT2D eigenvalue weighted by Crippen LogP contribution is 2.21. The third-order valence-electron chi connectivity index (χ3n) is 3.24. The van der Waals surface area contributed by atoms with Crippen LogP contribution in [0.3, 0.4) is 0 Å². The van der Waals surface area contributed by atoms with Gasteiger partial charge in [-0.25, -0.2) is 4.39 Å². The average molecular weight is 281 g/mol. The molecule has 0 bridgehead atoms. The Bertz CT molecular complexity index is 432. The lowest BCUT2D eigenvalue weighted by Gasteiger charge is -2.11. The van der Waals surface area contributed by atoms with Crippen LogP contribution in [0.15, 0.2) is 23.4 Å². The second-order valence-corrected chi connectivity index (χ2v) is 4.94. The van der Waals surface area contributed by atoms with Gasteiger partial charge in [-0.15, -0.1) is 0 Å². The van der Waals surface area contributed by atoms with Gasteiger partial charge in [0, 0.05) is 11.6 Å². The van der Waals surface area contributed by atoms with Gasteiger partial charge in [0.25, 0.3) is 0 Å². The normalized spacial score (nSPS) is 11.7. The van der Waals surface area contributed by atoms with Gasteiger partial charge in [-0.05, 0) is 25.5 Å². The number of nitrogens with zero attached hydrogens (tertiary/aromatic N) is 1. The molecule has 0 aliphatic heterocycles. The van der Waals surface area contributed by atoms with Gasteiger partial charge in [0.2, 0.25) is 0 Å². The number of rotatable bonds is 9. The number of ether oxygens (including phenoxy) is 1. The molecule has 0 atom stereocenters. The third-order valence-corrected chi connectivity index (χ3v) is 3.24. The van der Waals surface area contributed by atoms with E-state index in [1.807, 2.05) is 0 Å². The van der Waals surface area contributed by atoms with Crippen LogP contribution in [-0.4, -0.2) is 17.5 Å². The maximum Gasteiger partial charge on any atom is 0.131 e. The molecule has 0 fully saturated rings. The molecule has 0 unspecified atom stereocenters. The van der Waals surface area contributed by atoms with Crippen molar-refractivity contribution >= 4 is 5.71 Å². The first-order valence-electron chi connectivity index (χ1n) is 7.30. The van der Waals surface area contributed by atoms with Crippen molar-refractivity contribution in [2.45, 2.75) is 52.4 Å². The maximum absolute atomic E-state index is 13.2. The molecule has 0 aliphatic carbocycles. The van der Waals surface area contributed by atoms with E-state index < -0.39 is 0 Å². The minimum Gasteiger partial charge on any atom is -0.493 e. The largest absolute Gasteiger partial charge is 0.493 e. The molecule has 4 heteroatoms. The van der Waals surface area contributed by atoms with Crippen molar-refractivity contribution in [3.05, 3.63) is 29.6 Å². The first kappa shape index (κ1) is 16.5. The van der Waals surface area contributed by atoms with Crippen molar-refractivity contribution in [2.24, 2.45) is 5.16 Å². The van der Waals surface area contributed by atoms with Crippen molar-refractivity contribution in [1.82, 2.24) is 0 Å². The number of oxime groups is 1. The molecule has 1 aromatic rings. The molecule has 0 aromatic heterocycles. The summed E-state index contributed by atoms with van der Waals surface area (Å²) in [6.45, 7) is 4.41. The van der Waals surface area contributed by atoms with Crippen molar-refractivity contribution in [3.63, 3.8) is 0 Å². The second-order valence-electron chi connectivity index (χ2n) is 4.94. The fourth-order valence-electron chi connectivity index (χ4n) is 2.03. The van der Waals surface area contributed by atoms with E-state index in [1.54, 1.807) is 13.0 Å². The van der Waals surface area contributed by atoms with Gasteiger partial charge in [-0.1, -0.05) is 44.2 Å². The Morgan fingerprint density at radius 1 is 1.20 bits per heavy atom. The topological polar surface area (TPSA) is 41.8 Å². The predicted molar refractivity (Wildman–Crippen MR) is 79.3 cm³/mol. The maximum atomic E-state index is 13.2. The quantitative estimate of drug-likeness (QED) is 0.307. The summed E-state index contributed by atoms with van der Waals surface area (Å²) in [6.07, 6.45) is 7.07. The van der Waals surface area contributed by atoms with Crippen molar-refractivity contribution in [2.75, 3.05) is 6.61 Å². The Morgan fingerprint density at radius 2 is 1.90 bits per heavy atom. The molecule has 0 aliphatic rings. The minimum absolute atomic E-state index is 0.350. The zero-order valence-electron chi connectivity index (χ0n) is 12.4. The van der Waals surface area contributed by atoms with Gasteiger partial charge in [-0.2, -0.15) is 0 Å². The van der Waals surface area contributed by atoms with Gasteiger partial charge in [0.15, 0.2) is 0 Å². The highest BCUT2D eigenvalue weighted by Gasteiger charge is 2.08. The fraction of sp³-hybridized carbons (Fsp3) is 0.562. The Balaban J connectivity index is 2.44. The molecule has 0 amide bonds. The van der Waals surface area contributed by atoms with E-state index in [2.05, 4.69) is 12.1 Å². The van der Waals surface area contributed by atoms with Gasteiger partial charge < -0.3 is 9.94 Å². The Hall–Kier alpha value is -1.58. The van der Waals surface area contributed by atoms with Crippen LogP contribution >= 0.6 is 0 Å². The average Bonchev–Trinajstić information content (AvgIpc) is 2.45. The molecule has 0 heterocycles. The lowest BCUT2D eigenvalue weighted by Crippen LogP contribution is -2.04. The summed E-state index contributed by atoms with van der Waals surface area (Å²) in [4.78, 5) is 0. The standard InChI is InChI=1S/C16H24FNO2/c1-3-4-5-6-7-8-11-20-16-12-14(17)9-10-15(16)13(2)18-19/h9-10,12,19H,3-8,11H2,1-2H3/b18-13+. The van der Waals surface area contributed by atoms with E-state index in [-0.39, 0.29) is 5.82 Å². The van der Waals surface area contributed by atoms with Crippen LogP contribution in [0.4, 0.5) is 4.39 Å². The van der Waals surface area contributed by atoms with E-state index >= 15 is 0 Å². The van der Waals surface area contributed by atoms with E-state index in [0.29, 0.717) is 23.6 Å². The summed E-state index contributed by atoms with van der Waals surface area (Å²) in [5, 5.41) is 12.0. The number of unbranched alkanes of at least 4 members (excludes halogenated alkanes) is 5. The van der Waals surface area contributed by atoms with Gasteiger partial charge in [0.1, 0.15) is 11.6 Å². The van der Waals surface area contributed by atoms with Gasteiger partial charge in [-0.3, -0.25) is 0 Å². The number of hydrogen-bond donors (Lipinski definition) is 1. The highest BCUT2D eigenvalue weighted by molar-refractivity contribution is 6.00. The fourth-order valence-corrected chi connectivity index (χ4v) is 2.03. The molecule has 0 saturated heterocycles. The predicted octanol–water partition coefficient (Wildman–Crippen LogP) is 4.76. The summed E-state index contributed by atoms with van der Waals surface area (Å²) in [5.41, 5.74) is 1.04.